The van der Waals surface area contributed by atoms with E-state index in [9.17, 15) is 9.59 Å². The van der Waals surface area contributed by atoms with Crippen LogP contribution in [0.15, 0.2) is 0 Å². The van der Waals surface area contributed by atoms with E-state index in [1.54, 1.807) is 0 Å². The van der Waals surface area contributed by atoms with Crippen molar-refractivity contribution in [3.05, 3.63) is 0 Å². The summed E-state index contributed by atoms with van der Waals surface area (Å²) in [5.74, 6) is -0.445. The van der Waals surface area contributed by atoms with Crippen LogP contribution in [0.1, 0.15) is 6.42 Å². The zero-order chi connectivity index (χ0) is 7.98. The quantitative estimate of drug-likeness (QED) is 0.406. The van der Waals surface area contributed by atoms with E-state index in [1.165, 1.54) is 14.2 Å². The van der Waals surface area contributed by atoms with Gasteiger partial charge in [0.2, 0.25) is 0 Å². The fourth-order valence-corrected chi connectivity index (χ4v) is 0.435. The molecule has 0 aliphatic heterocycles. The van der Waals surface area contributed by atoms with Gasteiger partial charge in [0.25, 0.3) is 0 Å². The lowest BCUT2D eigenvalue weighted by Crippen LogP contribution is -2.18. The van der Waals surface area contributed by atoms with Crippen LogP contribution < -0.4 is 0 Å². The zero-order valence-electron chi connectivity index (χ0n) is 5.99. The molecule has 0 saturated heterocycles. The highest BCUT2D eigenvalue weighted by atomic mass is 16.5. The Morgan fingerprint density at radius 3 is 2.50 bits per heavy atom. The lowest BCUT2D eigenvalue weighted by Gasteiger charge is -2.04. The van der Waals surface area contributed by atoms with E-state index in [2.05, 4.69) is 9.47 Å². The molecule has 0 amide bonds. The minimum atomic E-state index is -0.674. The second kappa shape index (κ2) is 4.93. The van der Waals surface area contributed by atoms with E-state index in [0.29, 0.717) is 6.29 Å². The van der Waals surface area contributed by atoms with Crippen LogP contribution in [0.25, 0.3) is 0 Å². The van der Waals surface area contributed by atoms with Crippen LogP contribution in [0.5, 0.6) is 0 Å². The summed E-state index contributed by atoms with van der Waals surface area (Å²) in [5.41, 5.74) is 0. The number of esters is 1. The third-order valence-corrected chi connectivity index (χ3v) is 1.05. The Hall–Kier alpha value is -0.900. The zero-order valence-corrected chi connectivity index (χ0v) is 5.99. The van der Waals surface area contributed by atoms with Crippen LogP contribution in [0.2, 0.25) is 0 Å². The number of carbonyl (C=O) groups excluding carboxylic acids is 2. The molecule has 4 heteroatoms. The lowest BCUT2D eigenvalue weighted by molar-refractivity contribution is -0.144. The van der Waals surface area contributed by atoms with Crippen molar-refractivity contribution >= 4 is 12.3 Å². The minimum absolute atomic E-state index is 0.0174. The number of ether oxygens (including phenoxy) is 2. The molecule has 0 aliphatic rings. The molecule has 0 bridgehead atoms. The highest BCUT2D eigenvalue weighted by Crippen LogP contribution is 1.94. The average Bonchev–Trinajstić information content (AvgIpc) is 1.99. The molecule has 0 aromatic rings. The molecule has 0 aromatic heterocycles. The predicted molar refractivity (Wildman–Crippen MR) is 33.5 cm³/mol. The largest absolute Gasteiger partial charge is 0.469 e. The molecule has 0 aliphatic carbocycles. The maximum atomic E-state index is 10.5. The van der Waals surface area contributed by atoms with Crippen molar-refractivity contribution in [2.45, 2.75) is 12.5 Å². The second-order valence-corrected chi connectivity index (χ2v) is 1.69. The minimum Gasteiger partial charge on any atom is -0.469 e. The summed E-state index contributed by atoms with van der Waals surface area (Å²) in [7, 11) is 2.63. The van der Waals surface area contributed by atoms with Crippen LogP contribution in [0, 0.1) is 0 Å². The number of methoxy groups -OCH3 is 2. The van der Waals surface area contributed by atoms with Crippen molar-refractivity contribution in [1.82, 2.24) is 0 Å². The number of hydrogen-bond acceptors (Lipinski definition) is 4. The first-order valence-electron chi connectivity index (χ1n) is 2.79. The molecule has 0 aromatic carbocycles. The topological polar surface area (TPSA) is 52.6 Å². The van der Waals surface area contributed by atoms with Crippen molar-refractivity contribution in [3.8, 4) is 0 Å². The number of carbonyl (C=O) groups is 2. The Morgan fingerprint density at radius 1 is 1.60 bits per heavy atom. The van der Waals surface area contributed by atoms with Crippen molar-refractivity contribution < 1.29 is 19.1 Å². The molecular weight excluding hydrogens is 136 g/mol. The Labute approximate surface area is 59.1 Å². The molecule has 0 radical (unpaired) electrons. The molecule has 0 heterocycles. The van der Waals surface area contributed by atoms with Crippen LogP contribution in [0.4, 0.5) is 0 Å². The average molecular weight is 146 g/mol. The SMILES string of the molecule is COC(=O)CC(C=O)OC. The third kappa shape index (κ3) is 3.19. The molecule has 4 nitrogen and oxygen atoms in total. The molecule has 0 rings (SSSR count). The van der Waals surface area contributed by atoms with Gasteiger partial charge in [-0.15, -0.1) is 0 Å². The van der Waals surface area contributed by atoms with E-state index < -0.39 is 12.1 Å². The van der Waals surface area contributed by atoms with Crippen molar-refractivity contribution in [3.63, 3.8) is 0 Å². The van der Waals surface area contributed by atoms with Gasteiger partial charge in [0.1, 0.15) is 12.4 Å². The summed E-state index contributed by atoms with van der Waals surface area (Å²) < 4.78 is 8.91. The lowest BCUT2D eigenvalue weighted by atomic mass is 10.3. The Balaban J connectivity index is 3.62. The second-order valence-electron chi connectivity index (χ2n) is 1.69. The van der Waals surface area contributed by atoms with Crippen molar-refractivity contribution in [2.24, 2.45) is 0 Å². The molecule has 0 saturated carbocycles. The van der Waals surface area contributed by atoms with Gasteiger partial charge in [-0.05, 0) is 0 Å². The molecule has 0 N–H and O–H groups in total. The highest BCUT2D eigenvalue weighted by molar-refractivity contribution is 5.74. The van der Waals surface area contributed by atoms with Gasteiger partial charge in [0.05, 0.1) is 13.5 Å². The number of aldehydes is 1. The first kappa shape index (κ1) is 9.10. The van der Waals surface area contributed by atoms with E-state index >= 15 is 0 Å². The maximum absolute atomic E-state index is 10.5. The molecule has 0 fully saturated rings. The summed E-state index contributed by atoms with van der Waals surface area (Å²) in [5, 5.41) is 0. The molecule has 1 atom stereocenters. The first-order valence-corrected chi connectivity index (χ1v) is 2.79. The first-order chi connectivity index (χ1) is 4.74. The monoisotopic (exact) mass is 146 g/mol. The number of hydrogen-bond donors (Lipinski definition) is 0. The summed E-state index contributed by atoms with van der Waals surface area (Å²) in [6.07, 6.45) is -0.125. The van der Waals surface area contributed by atoms with Gasteiger partial charge in [-0.1, -0.05) is 0 Å². The van der Waals surface area contributed by atoms with Crippen molar-refractivity contribution in [1.29, 1.82) is 0 Å². The van der Waals surface area contributed by atoms with Gasteiger partial charge >= 0.3 is 5.97 Å². The fourth-order valence-electron chi connectivity index (χ4n) is 0.435. The van der Waals surface area contributed by atoms with Gasteiger partial charge in [0.15, 0.2) is 0 Å². The Bertz CT molecular complexity index is 121. The van der Waals surface area contributed by atoms with Gasteiger partial charge in [0, 0.05) is 7.11 Å². The van der Waals surface area contributed by atoms with E-state index in [1.807, 2.05) is 0 Å². The number of rotatable bonds is 4. The Kier molecular flexibility index (Phi) is 4.49. The summed E-state index contributed by atoms with van der Waals surface area (Å²) >= 11 is 0. The van der Waals surface area contributed by atoms with Crippen molar-refractivity contribution in [2.75, 3.05) is 14.2 Å². The van der Waals surface area contributed by atoms with Crippen LogP contribution >= 0.6 is 0 Å². The standard InChI is InChI=1S/C6H10O4/c1-9-5(4-7)3-6(8)10-2/h4-5H,3H2,1-2H3. The summed E-state index contributed by atoms with van der Waals surface area (Å²) in [6.45, 7) is 0. The maximum Gasteiger partial charge on any atom is 0.308 e. The van der Waals surface area contributed by atoms with Crippen LogP contribution in [0.3, 0.4) is 0 Å². The van der Waals surface area contributed by atoms with Gasteiger partial charge < -0.3 is 14.3 Å². The van der Waals surface area contributed by atoms with Gasteiger partial charge in [-0.25, -0.2) is 0 Å². The predicted octanol–water partition coefficient (Wildman–Crippen LogP) is -0.237. The molecule has 0 spiro atoms. The fraction of sp³-hybridized carbons (Fsp3) is 0.667. The molecule has 1 unspecified atom stereocenters. The van der Waals surface area contributed by atoms with E-state index in [-0.39, 0.29) is 6.42 Å². The Morgan fingerprint density at radius 2 is 2.20 bits per heavy atom. The highest BCUT2D eigenvalue weighted by Gasteiger charge is 2.10. The smallest absolute Gasteiger partial charge is 0.308 e. The van der Waals surface area contributed by atoms with E-state index in [4.69, 9.17) is 0 Å². The van der Waals surface area contributed by atoms with E-state index in [0.717, 1.165) is 0 Å². The van der Waals surface area contributed by atoms with Crippen LogP contribution in [-0.4, -0.2) is 32.6 Å². The molecular formula is C6H10O4. The van der Waals surface area contributed by atoms with Crippen LogP contribution in [-0.2, 0) is 19.1 Å². The summed E-state index contributed by atoms with van der Waals surface area (Å²) in [4.78, 5) is 20.5. The van der Waals surface area contributed by atoms with Gasteiger partial charge in [-0.3, -0.25) is 4.79 Å². The van der Waals surface area contributed by atoms with Gasteiger partial charge in [-0.2, -0.15) is 0 Å². The normalized spacial score (nSPS) is 12.2. The molecule has 10 heavy (non-hydrogen) atoms. The summed E-state index contributed by atoms with van der Waals surface area (Å²) in [6, 6.07) is 0. The molecule has 58 valence electrons. The third-order valence-electron chi connectivity index (χ3n) is 1.05.